The first-order valence-corrected chi connectivity index (χ1v) is 10.6. The molecule has 2 aromatic carbocycles. The highest BCUT2D eigenvalue weighted by atomic mass is 16.6. The molecule has 0 amide bonds. The van der Waals surface area contributed by atoms with Crippen molar-refractivity contribution >= 4 is 23.9 Å². The summed E-state index contributed by atoms with van der Waals surface area (Å²) in [7, 11) is 0. The molecule has 0 fully saturated rings. The van der Waals surface area contributed by atoms with Gasteiger partial charge in [-0.1, -0.05) is 38.4 Å². The Balaban J connectivity index is 2.58. The van der Waals surface area contributed by atoms with Crippen LogP contribution in [0.4, 0.5) is 0 Å². The molecule has 2 rings (SSSR count). The van der Waals surface area contributed by atoms with Crippen molar-refractivity contribution in [2.45, 2.75) is 27.7 Å². The summed E-state index contributed by atoms with van der Waals surface area (Å²) in [5.41, 5.74) is 1.57. The molecular formula is C28H26O8. The smallest absolute Gasteiger partial charge is 0.338 e. The fourth-order valence-corrected chi connectivity index (χ4v) is 2.45. The van der Waals surface area contributed by atoms with Gasteiger partial charge in [0.05, 0.1) is 0 Å². The molecule has 0 saturated carbocycles. The number of ether oxygens (including phenoxy) is 4. The molecule has 0 saturated heterocycles. The Hall–Kier alpha value is -4.72. The molecule has 0 aliphatic heterocycles. The maximum absolute atomic E-state index is 12.2. The average molecular weight is 491 g/mol. The second kappa shape index (κ2) is 11.6. The van der Waals surface area contributed by atoms with Crippen molar-refractivity contribution in [2.75, 3.05) is 0 Å². The highest BCUT2D eigenvalue weighted by Crippen LogP contribution is 2.38. The Labute approximate surface area is 209 Å². The molecule has 0 aliphatic carbocycles. The number of rotatable bonds is 9. The van der Waals surface area contributed by atoms with Crippen LogP contribution in [0.2, 0.25) is 0 Å². The minimum Gasteiger partial charge on any atom is -0.419 e. The van der Waals surface area contributed by atoms with Gasteiger partial charge in [0.15, 0.2) is 23.0 Å². The summed E-state index contributed by atoms with van der Waals surface area (Å²) in [6.07, 6.45) is 0. The summed E-state index contributed by atoms with van der Waals surface area (Å²) in [5.74, 6) is -2.97. The average Bonchev–Trinajstić information content (AvgIpc) is 2.80. The Morgan fingerprint density at radius 1 is 0.472 bits per heavy atom. The topological polar surface area (TPSA) is 105 Å². The van der Waals surface area contributed by atoms with Crippen molar-refractivity contribution in [1.29, 1.82) is 0 Å². The molecular weight excluding hydrogens is 464 g/mol. The van der Waals surface area contributed by atoms with Crippen LogP contribution in [0.1, 0.15) is 27.7 Å². The number of esters is 4. The number of benzene rings is 2. The van der Waals surface area contributed by atoms with E-state index in [9.17, 15) is 19.2 Å². The van der Waals surface area contributed by atoms with E-state index in [2.05, 4.69) is 26.3 Å². The van der Waals surface area contributed by atoms with E-state index in [0.717, 1.165) is 0 Å². The van der Waals surface area contributed by atoms with E-state index in [-0.39, 0.29) is 45.3 Å². The lowest BCUT2D eigenvalue weighted by molar-refractivity contribution is -0.132. The van der Waals surface area contributed by atoms with Gasteiger partial charge in [-0.05, 0) is 63.1 Å². The van der Waals surface area contributed by atoms with Crippen molar-refractivity contribution < 1.29 is 38.1 Å². The van der Waals surface area contributed by atoms with Crippen molar-refractivity contribution in [3.8, 4) is 34.1 Å². The van der Waals surface area contributed by atoms with Gasteiger partial charge in [0, 0.05) is 22.3 Å². The van der Waals surface area contributed by atoms with E-state index < -0.39 is 23.9 Å². The fourth-order valence-electron chi connectivity index (χ4n) is 2.45. The predicted molar refractivity (Wildman–Crippen MR) is 134 cm³/mol. The zero-order valence-electron chi connectivity index (χ0n) is 20.6. The third kappa shape index (κ3) is 7.14. The highest BCUT2D eigenvalue weighted by molar-refractivity contribution is 5.93. The molecule has 2 aromatic rings. The van der Waals surface area contributed by atoms with Crippen molar-refractivity contribution in [1.82, 2.24) is 0 Å². The van der Waals surface area contributed by atoms with Gasteiger partial charge in [-0.3, -0.25) is 0 Å². The van der Waals surface area contributed by atoms with E-state index in [0.29, 0.717) is 11.1 Å². The number of carbonyl (C=O) groups excluding carboxylic acids is 4. The summed E-state index contributed by atoms with van der Waals surface area (Å²) in [6.45, 7) is 20.1. The normalized spacial score (nSPS) is 10.0. The van der Waals surface area contributed by atoms with Gasteiger partial charge in [-0.15, -0.1) is 0 Å². The second-order valence-corrected chi connectivity index (χ2v) is 8.00. The van der Waals surface area contributed by atoms with E-state index in [1.54, 1.807) is 12.1 Å². The van der Waals surface area contributed by atoms with Crippen LogP contribution < -0.4 is 18.9 Å². The Morgan fingerprint density at radius 2 is 0.722 bits per heavy atom. The summed E-state index contributed by atoms with van der Waals surface area (Å²) in [4.78, 5) is 48.4. The summed E-state index contributed by atoms with van der Waals surface area (Å²) >= 11 is 0. The maximum atomic E-state index is 12.2. The lowest BCUT2D eigenvalue weighted by Gasteiger charge is -2.14. The molecule has 0 aromatic heterocycles. The predicted octanol–water partition coefficient (Wildman–Crippen LogP) is 5.28. The van der Waals surface area contributed by atoms with E-state index >= 15 is 0 Å². The molecule has 8 heteroatoms. The summed E-state index contributed by atoms with van der Waals surface area (Å²) in [6, 6.07) is 8.98. The van der Waals surface area contributed by atoms with E-state index in [4.69, 9.17) is 18.9 Å². The summed E-state index contributed by atoms with van der Waals surface area (Å²) < 4.78 is 21.3. The van der Waals surface area contributed by atoms with Crippen LogP contribution in [0.3, 0.4) is 0 Å². The van der Waals surface area contributed by atoms with Gasteiger partial charge in [0.2, 0.25) is 0 Å². The monoisotopic (exact) mass is 490 g/mol. The number of carbonyl (C=O) groups is 4. The van der Waals surface area contributed by atoms with Crippen molar-refractivity contribution in [3.63, 3.8) is 0 Å². The van der Waals surface area contributed by atoms with Crippen LogP contribution in [0.15, 0.2) is 85.0 Å². The Bertz CT molecular complexity index is 1210. The zero-order valence-corrected chi connectivity index (χ0v) is 20.6. The molecule has 0 unspecified atom stereocenters. The third-order valence-corrected chi connectivity index (χ3v) is 4.43. The third-order valence-electron chi connectivity index (χ3n) is 4.43. The summed E-state index contributed by atoms with van der Waals surface area (Å²) in [5, 5.41) is 0. The molecule has 0 aliphatic rings. The van der Waals surface area contributed by atoms with Gasteiger partial charge < -0.3 is 18.9 Å². The molecule has 0 radical (unpaired) electrons. The molecule has 0 bridgehead atoms. The zero-order chi connectivity index (χ0) is 27.2. The molecule has 0 heterocycles. The Kier molecular flexibility index (Phi) is 8.88. The van der Waals surface area contributed by atoms with Gasteiger partial charge >= 0.3 is 23.9 Å². The quantitative estimate of drug-likeness (QED) is 0.266. The van der Waals surface area contributed by atoms with Crippen LogP contribution in [-0.2, 0) is 19.2 Å². The highest BCUT2D eigenvalue weighted by Gasteiger charge is 2.19. The van der Waals surface area contributed by atoms with Gasteiger partial charge in [-0.25, -0.2) is 19.2 Å². The number of hydrogen-bond donors (Lipinski definition) is 0. The van der Waals surface area contributed by atoms with Crippen LogP contribution in [-0.4, -0.2) is 23.9 Å². The van der Waals surface area contributed by atoms with Crippen LogP contribution in [0.5, 0.6) is 23.0 Å². The van der Waals surface area contributed by atoms with E-state index in [1.807, 2.05) is 0 Å². The largest absolute Gasteiger partial charge is 0.419 e. The lowest BCUT2D eigenvalue weighted by atomic mass is 10.0. The van der Waals surface area contributed by atoms with Gasteiger partial charge in [0.1, 0.15) is 0 Å². The van der Waals surface area contributed by atoms with E-state index in [1.165, 1.54) is 52.0 Å². The molecule has 0 N–H and O–H groups in total. The molecule has 36 heavy (non-hydrogen) atoms. The molecule has 0 atom stereocenters. The van der Waals surface area contributed by atoms with Gasteiger partial charge in [-0.2, -0.15) is 0 Å². The molecule has 0 spiro atoms. The first kappa shape index (κ1) is 27.5. The first-order chi connectivity index (χ1) is 16.8. The second-order valence-electron chi connectivity index (χ2n) is 8.00. The standard InChI is InChI=1S/C28H26O8/c1-15(2)25(29)33-21-11-9-19(13-23(21)35-27(31)17(5)6)20-10-12-22(34-26(30)16(3)4)24(14-20)36-28(32)18(7)8/h9-14H,1,3,5,7H2,2,4,6,8H3. The van der Waals surface area contributed by atoms with Crippen LogP contribution in [0.25, 0.3) is 11.1 Å². The van der Waals surface area contributed by atoms with Gasteiger partial charge in [0.25, 0.3) is 0 Å². The molecule has 186 valence electrons. The SMILES string of the molecule is C=C(C)C(=O)Oc1ccc(-c2ccc(OC(=O)C(=C)C)c(OC(=O)C(=C)C)c2)cc1OC(=O)C(=C)C. The van der Waals surface area contributed by atoms with Crippen molar-refractivity contribution in [2.24, 2.45) is 0 Å². The van der Waals surface area contributed by atoms with Crippen molar-refractivity contribution in [3.05, 3.63) is 85.0 Å². The fraction of sp³-hybridized carbons (Fsp3) is 0.143. The number of hydrogen-bond acceptors (Lipinski definition) is 8. The molecule has 8 nitrogen and oxygen atoms in total. The van der Waals surface area contributed by atoms with Crippen LogP contribution >= 0.6 is 0 Å². The first-order valence-electron chi connectivity index (χ1n) is 10.6. The minimum absolute atomic E-state index is 0.0118. The lowest BCUT2D eigenvalue weighted by Crippen LogP contribution is -2.13. The minimum atomic E-state index is -0.724. The Morgan fingerprint density at radius 3 is 0.972 bits per heavy atom. The maximum Gasteiger partial charge on any atom is 0.338 e. The van der Waals surface area contributed by atoms with Crippen LogP contribution in [0, 0.1) is 0 Å².